The standard InChI is InChI=1S/C36H40Cl3N3O5/c1-22-17-30(38)35(31(39)18-22)47-16-15-46-27-9-5-24(6-10-27)28-13-14-41-32(21-43)34(28)36(45)42(26-7-8-26)20-25-19-23(3-11-29(25)37)4-12-33(44)40-2/h3,5-6,9-11,17-19,26,32,41,43H,4,7-8,12-16,20-21H2,1-2H3,(H,40,44). The first-order valence-electron chi connectivity index (χ1n) is 15.9. The van der Waals surface area contributed by atoms with Gasteiger partial charge >= 0.3 is 0 Å². The Morgan fingerprint density at radius 1 is 0.979 bits per heavy atom. The minimum Gasteiger partial charge on any atom is -0.490 e. The number of hydrogen-bond donors (Lipinski definition) is 3. The molecule has 3 aromatic carbocycles. The van der Waals surface area contributed by atoms with E-state index in [2.05, 4.69) is 10.6 Å². The van der Waals surface area contributed by atoms with Gasteiger partial charge in [0.2, 0.25) is 5.91 Å². The summed E-state index contributed by atoms with van der Waals surface area (Å²) < 4.78 is 11.7. The van der Waals surface area contributed by atoms with E-state index in [0.29, 0.717) is 64.5 Å². The molecule has 0 saturated heterocycles. The fourth-order valence-corrected chi connectivity index (χ4v) is 6.69. The SMILES string of the molecule is CNC(=O)CCc1ccc(Cl)c(CN(C(=O)C2=C(c3ccc(OCCOc4c(Cl)cc(C)cc4Cl)cc3)CCNC2CO)C2CC2)c1. The van der Waals surface area contributed by atoms with Gasteiger partial charge in [0.25, 0.3) is 5.91 Å². The molecule has 1 atom stereocenters. The van der Waals surface area contributed by atoms with Crippen LogP contribution in [0.4, 0.5) is 0 Å². The van der Waals surface area contributed by atoms with Crippen molar-refractivity contribution >= 4 is 52.2 Å². The van der Waals surface area contributed by atoms with Crippen LogP contribution in [0.5, 0.6) is 11.5 Å². The maximum absolute atomic E-state index is 14.4. The molecule has 0 spiro atoms. The van der Waals surface area contributed by atoms with Crippen LogP contribution >= 0.6 is 34.8 Å². The van der Waals surface area contributed by atoms with E-state index in [-0.39, 0.29) is 37.7 Å². The predicted octanol–water partition coefficient (Wildman–Crippen LogP) is 6.39. The van der Waals surface area contributed by atoms with Crippen molar-refractivity contribution in [3.63, 3.8) is 0 Å². The molecule has 1 aliphatic carbocycles. The molecular formula is C36H40Cl3N3O5. The lowest BCUT2D eigenvalue weighted by atomic mass is 9.88. The summed E-state index contributed by atoms with van der Waals surface area (Å²) in [6.07, 6.45) is 3.42. The first kappa shape index (κ1) is 35.0. The number of amides is 2. The largest absolute Gasteiger partial charge is 0.490 e. The van der Waals surface area contributed by atoms with Crippen LogP contribution < -0.4 is 20.1 Å². The number of benzene rings is 3. The second kappa shape index (κ2) is 16.2. The van der Waals surface area contributed by atoms with E-state index < -0.39 is 6.04 Å². The Morgan fingerprint density at radius 2 is 1.68 bits per heavy atom. The predicted molar refractivity (Wildman–Crippen MR) is 186 cm³/mol. The molecule has 8 nitrogen and oxygen atoms in total. The third-order valence-electron chi connectivity index (χ3n) is 8.42. The number of nitrogens with zero attached hydrogens (tertiary/aromatic N) is 1. The highest BCUT2D eigenvalue weighted by molar-refractivity contribution is 6.37. The molecule has 0 aromatic heterocycles. The third kappa shape index (κ3) is 9.00. The highest BCUT2D eigenvalue weighted by Gasteiger charge is 2.38. The van der Waals surface area contributed by atoms with Gasteiger partial charge in [-0.1, -0.05) is 59.1 Å². The van der Waals surface area contributed by atoms with Crippen LogP contribution in [0, 0.1) is 6.92 Å². The zero-order chi connectivity index (χ0) is 33.5. The molecule has 47 heavy (non-hydrogen) atoms. The van der Waals surface area contributed by atoms with Crippen LogP contribution in [0.1, 0.15) is 47.9 Å². The van der Waals surface area contributed by atoms with Crippen LogP contribution in [-0.2, 0) is 22.6 Å². The number of aliphatic hydroxyl groups is 1. The zero-order valence-corrected chi connectivity index (χ0v) is 28.9. The van der Waals surface area contributed by atoms with Crippen LogP contribution in [0.25, 0.3) is 5.57 Å². The van der Waals surface area contributed by atoms with Crippen molar-refractivity contribution in [1.29, 1.82) is 0 Å². The molecule has 1 fully saturated rings. The number of hydrogen-bond acceptors (Lipinski definition) is 6. The van der Waals surface area contributed by atoms with Gasteiger partial charge in [-0.15, -0.1) is 0 Å². The van der Waals surface area contributed by atoms with Gasteiger partial charge < -0.3 is 30.1 Å². The van der Waals surface area contributed by atoms with E-state index in [4.69, 9.17) is 44.3 Å². The van der Waals surface area contributed by atoms with E-state index >= 15 is 0 Å². The minimum absolute atomic E-state index is 0.0296. The summed E-state index contributed by atoms with van der Waals surface area (Å²) in [5, 5.41) is 17.8. The normalized spacial score (nSPS) is 16.2. The number of halogens is 3. The van der Waals surface area contributed by atoms with Crippen molar-refractivity contribution in [3.05, 3.63) is 97.5 Å². The lowest BCUT2D eigenvalue weighted by molar-refractivity contribution is -0.128. The number of rotatable bonds is 14. The fourth-order valence-electron chi connectivity index (χ4n) is 5.81. The number of aryl methyl sites for hydroxylation is 2. The number of carbonyl (C=O) groups excluding carboxylic acids is 2. The second-order valence-corrected chi connectivity index (χ2v) is 13.1. The van der Waals surface area contributed by atoms with Crippen molar-refractivity contribution in [2.75, 3.05) is 33.4 Å². The minimum atomic E-state index is -0.490. The number of nitrogens with one attached hydrogen (secondary N) is 2. The Bertz CT molecular complexity index is 1600. The molecule has 0 bridgehead atoms. The maximum atomic E-state index is 14.4. The topological polar surface area (TPSA) is 100 Å². The first-order chi connectivity index (χ1) is 22.7. The summed E-state index contributed by atoms with van der Waals surface area (Å²) in [4.78, 5) is 28.1. The van der Waals surface area contributed by atoms with E-state index in [1.165, 1.54) is 0 Å². The van der Waals surface area contributed by atoms with Gasteiger partial charge in [-0.3, -0.25) is 9.59 Å². The van der Waals surface area contributed by atoms with Gasteiger partial charge in [-0.25, -0.2) is 0 Å². The second-order valence-electron chi connectivity index (χ2n) is 11.9. The molecule has 1 aliphatic heterocycles. The van der Waals surface area contributed by atoms with E-state index in [1.807, 2.05) is 54.3 Å². The van der Waals surface area contributed by atoms with E-state index in [0.717, 1.165) is 40.7 Å². The smallest absolute Gasteiger partial charge is 0.252 e. The van der Waals surface area contributed by atoms with Crippen molar-refractivity contribution in [1.82, 2.24) is 15.5 Å². The molecule has 11 heteroatoms. The van der Waals surface area contributed by atoms with Gasteiger partial charge in [0, 0.05) is 36.7 Å². The number of ether oxygens (including phenoxy) is 2. The molecular weight excluding hydrogens is 661 g/mol. The van der Waals surface area contributed by atoms with Crippen LogP contribution in [0.3, 0.4) is 0 Å². The van der Waals surface area contributed by atoms with E-state index in [1.54, 1.807) is 19.2 Å². The zero-order valence-electron chi connectivity index (χ0n) is 26.6. The molecule has 2 amide bonds. The molecule has 3 N–H and O–H groups in total. The van der Waals surface area contributed by atoms with Gasteiger partial charge in [-0.05, 0) is 97.3 Å². The molecule has 1 heterocycles. The van der Waals surface area contributed by atoms with Gasteiger partial charge in [-0.2, -0.15) is 0 Å². The fraction of sp³-hybridized carbons (Fsp3) is 0.389. The average molecular weight is 701 g/mol. The molecule has 1 saturated carbocycles. The first-order valence-corrected chi connectivity index (χ1v) is 17.0. The van der Waals surface area contributed by atoms with E-state index in [9.17, 15) is 14.7 Å². The number of carbonyl (C=O) groups is 2. The quantitative estimate of drug-likeness (QED) is 0.169. The summed E-state index contributed by atoms with van der Waals surface area (Å²) >= 11 is 19.2. The Morgan fingerprint density at radius 3 is 2.34 bits per heavy atom. The van der Waals surface area contributed by atoms with Crippen molar-refractivity contribution < 1.29 is 24.2 Å². The Labute approximate surface area is 291 Å². The van der Waals surface area contributed by atoms with Gasteiger partial charge in [0.05, 0.1) is 22.7 Å². The van der Waals surface area contributed by atoms with Crippen LogP contribution in [0.2, 0.25) is 15.1 Å². The lowest BCUT2D eigenvalue weighted by Crippen LogP contribution is -2.46. The maximum Gasteiger partial charge on any atom is 0.252 e. The third-order valence-corrected chi connectivity index (χ3v) is 9.35. The van der Waals surface area contributed by atoms with Crippen LogP contribution in [0.15, 0.2) is 60.2 Å². The van der Waals surface area contributed by atoms with Crippen molar-refractivity contribution in [2.45, 2.75) is 57.7 Å². The summed E-state index contributed by atoms with van der Waals surface area (Å²) in [6.45, 7) is 3.24. The van der Waals surface area contributed by atoms with Gasteiger partial charge in [0.15, 0.2) is 5.75 Å². The molecule has 250 valence electrons. The monoisotopic (exact) mass is 699 g/mol. The van der Waals surface area contributed by atoms with Crippen molar-refractivity contribution in [2.24, 2.45) is 0 Å². The molecule has 3 aromatic rings. The number of aliphatic hydroxyl groups excluding tert-OH is 1. The Balaban J connectivity index is 1.31. The molecule has 2 aliphatic rings. The van der Waals surface area contributed by atoms with Gasteiger partial charge in [0.1, 0.15) is 19.0 Å². The summed E-state index contributed by atoms with van der Waals surface area (Å²) in [6, 6.07) is 16.6. The average Bonchev–Trinajstić information content (AvgIpc) is 3.91. The van der Waals surface area contributed by atoms with Crippen molar-refractivity contribution in [3.8, 4) is 11.5 Å². The molecule has 5 rings (SSSR count). The Hall–Kier alpha value is -3.27. The highest BCUT2D eigenvalue weighted by Crippen LogP contribution is 2.36. The highest BCUT2D eigenvalue weighted by atomic mass is 35.5. The molecule has 0 radical (unpaired) electrons. The summed E-state index contributed by atoms with van der Waals surface area (Å²) in [5.41, 5.74) is 5.16. The summed E-state index contributed by atoms with van der Waals surface area (Å²) in [7, 11) is 1.62. The lowest BCUT2D eigenvalue weighted by Gasteiger charge is -2.33. The summed E-state index contributed by atoms with van der Waals surface area (Å²) in [5.74, 6) is 0.956. The molecule has 1 unspecified atom stereocenters. The van der Waals surface area contributed by atoms with Crippen LogP contribution in [-0.4, -0.2) is 67.3 Å². The Kier molecular flexibility index (Phi) is 12.1.